The van der Waals surface area contributed by atoms with E-state index in [0.29, 0.717) is 6.42 Å². The fourth-order valence-electron chi connectivity index (χ4n) is 1.46. The minimum absolute atomic E-state index is 0.299. The standard InChI is InChI=1S/C12H15ClO2/c1-2-3-8-11(14)12(15)9-6-4-5-7-10(9)13/h4-7,9-10H,2-3,8H2,1H3. The van der Waals surface area contributed by atoms with Gasteiger partial charge >= 0.3 is 0 Å². The summed E-state index contributed by atoms with van der Waals surface area (Å²) in [7, 11) is 0. The van der Waals surface area contributed by atoms with Crippen molar-refractivity contribution in [1.29, 1.82) is 0 Å². The van der Waals surface area contributed by atoms with Crippen molar-refractivity contribution in [3.05, 3.63) is 24.3 Å². The minimum Gasteiger partial charge on any atom is -0.291 e. The molecule has 0 heterocycles. The van der Waals surface area contributed by atoms with Gasteiger partial charge in [-0.25, -0.2) is 0 Å². The van der Waals surface area contributed by atoms with Gasteiger partial charge in [0.25, 0.3) is 0 Å². The van der Waals surface area contributed by atoms with E-state index in [1.165, 1.54) is 0 Å². The summed E-state index contributed by atoms with van der Waals surface area (Å²) < 4.78 is 0. The van der Waals surface area contributed by atoms with Crippen LogP contribution < -0.4 is 0 Å². The number of hydrogen-bond acceptors (Lipinski definition) is 2. The molecule has 15 heavy (non-hydrogen) atoms. The van der Waals surface area contributed by atoms with Gasteiger partial charge in [-0.2, -0.15) is 0 Å². The molecule has 1 aliphatic carbocycles. The molecule has 0 aromatic heterocycles. The second-order valence-corrected chi connectivity index (χ2v) is 4.13. The maximum absolute atomic E-state index is 11.7. The molecule has 1 rings (SSSR count). The summed E-state index contributed by atoms with van der Waals surface area (Å²) in [6.45, 7) is 1.99. The Balaban J connectivity index is 2.56. The van der Waals surface area contributed by atoms with Crippen molar-refractivity contribution >= 4 is 23.2 Å². The van der Waals surface area contributed by atoms with Gasteiger partial charge in [-0.05, 0) is 6.42 Å². The lowest BCUT2D eigenvalue weighted by atomic mass is 9.92. The Labute approximate surface area is 95.0 Å². The van der Waals surface area contributed by atoms with Crippen LogP contribution in [0.5, 0.6) is 0 Å². The third kappa shape index (κ3) is 3.31. The molecule has 0 fully saturated rings. The van der Waals surface area contributed by atoms with Gasteiger partial charge in [0, 0.05) is 6.42 Å². The van der Waals surface area contributed by atoms with E-state index >= 15 is 0 Å². The van der Waals surface area contributed by atoms with Crippen molar-refractivity contribution in [1.82, 2.24) is 0 Å². The normalized spacial score (nSPS) is 24.1. The molecule has 0 amide bonds. The molecule has 2 atom stereocenters. The first-order valence-corrected chi connectivity index (χ1v) is 5.66. The SMILES string of the molecule is CCCCC(=O)C(=O)C1C=CC=CC1Cl. The molecular weight excluding hydrogens is 212 g/mol. The van der Waals surface area contributed by atoms with E-state index in [9.17, 15) is 9.59 Å². The molecule has 1 aliphatic rings. The Morgan fingerprint density at radius 2 is 1.93 bits per heavy atom. The third-order valence-electron chi connectivity index (χ3n) is 2.40. The van der Waals surface area contributed by atoms with E-state index in [1.54, 1.807) is 24.3 Å². The van der Waals surface area contributed by atoms with Crippen LogP contribution in [0.2, 0.25) is 0 Å². The zero-order valence-corrected chi connectivity index (χ0v) is 9.54. The van der Waals surface area contributed by atoms with Crippen molar-refractivity contribution in [3.63, 3.8) is 0 Å². The van der Waals surface area contributed by atoms with Crippen LogP contribution in [0, 0.1) is 5.92 Å². The molecule has 0 bridgehead atoms. The molecule has 3 heteroatoms. The Bertz CT molecular complexity index is 305. The van der Waals surface area contributed by atoms with Crippen molar-refractivity contribution in [2.24, 2.45) is 5.92 Å². The van der Waals surface area contributed by atoms with Crippen molar-refractivity contribution in [3.8, 4) is 0 Å². The van der Waals surface area contributed by atoms with Crippen molar-refractivity contribution in [2.45, 2.75) is 31.6 Å². The maximum atomic E-state index is 11.7. The van der Waals surface area contributed by atoms with E-state index in [1.807, 2.05) is 6.92 Å². The molecule has 0 N–H and O–H groups in total. The lowest BCUT2D eigenvalue weighted by Gasteiger charge is -2.16. The second-order valence-electron chi connectivity index (χ2n) is 3.63. The number of ketones is 2. The first kappa shape index (κ1) is 12.2. The molecule has 0 aromatic carbocycles. The second kappa shape index (κ2) is 5.86. The van der Waals surface area contributed by atoms with Crippen LogP contribution >= 0.6 is 11.6 Å². The zero-order valence-electron chi connectivity index (χ0n) is 8.78. The molecule has 0 saturated heterocycles. The van der Waals surface area contributed by atoms with E-state index in [0.717, 1.165) is 12.8 Å². The lowest BCUT2D eigenvalue weighted by Crippen LogP contribution is -2.29. The average Bonchev–Trinajstić information content (AvgIpc) is 2.25. The van der Waals surface area contributed by atoms with Crippen LogP contribution in [-0.2, 0) is 9.59 Å². The third-order valence-corrected chi connectivity index (χ3v) is 2.82. The van der Waals surface area contributed by atoms with E-state index < -0.39 is 5.92 Å². The van der Waals surface area contributed by atoms with Gasteiger partial charge in [0.05, 0.1) is 11.3 Å². The molecule has 0 spiro atoms. The molecule has 0 aliphatic heterocycles. The highest BCUT2D eigenvalue weighted by atomic mass is 35.5. The fraction of sp³-hybridized carbons (Fsp3) is 0.500. The van der Waals surface area contributed by atoms with E-state index in [4.69, 9.17) is 11.6 Å². The van der Waals surface area contributed by atoms with Crippen LogP contribution in [-0.4, -0.2) is 16.9 Å². The van der Waals surface area contributed by atoms with Gasteiger partial charge < -0.3 is 0 Å². The van der Waals surface area contributed by atoms with Gasteiger partial charge in [0.15, 0.2) is 5.78 Å². The Kier molecular flexibility index (Phi) is 4.76. The molecule has 0 aromatic rings. The summed E-state index contributed by atoms with van der Waals surface area (Å²) in [6.07, 6.45) is 9.01. The fourth-order valence-corrected chi connectivity index (χ4v) is 1.74. The Morgan fingerprint density at radius 3 is 2.53 bits per heavy atom. The molecule has 2 nitrogen and oxygen atoms in total. The summed E-state index contributed by atoms with van der Waals surface area (Å²) in [5.74, 6) is -1.13. The van der Waals surface area contributed by atoms with Crippen molar-refractivity contribution < 1.29 is 9.59 Å². The number of carbonyl (C=O) groups is 2. The van der Waals surface area contributed by atoms with Gasteiger partial charge in [0.1, 0.15) is 0 Å². The number of rotatable bonds is 5. The summed E-state index contributed by atoms with van der Waals surface area (Å²) in [6, 6.07) is 0. The Morgan fingerprint density at radius 1 is 1.27 bits per heavy atom. The van der Waals surface area contributed by atoms with Crippen LogP contribution in [0.3, 0.4) is 0 Å². The molecular formula is C12H15ClO2. The largest absolute Gasteiger partial charge is 0.291 e. The molecule has 0 saturated carbocycles. The van der Waals surface area contributed by atoms with Crippen LogP contribution in [0.1, 0.15) is 26.2 Å². The highest BCUT2D eigenvalue weighted by molar-refractivity contribution is 6.40. The van der Waals surface area contributed by atoms with Gasteiger partial charge in [-0.3, -0.25) is 9.59 Å². The Hall–Kier alpha value is -0.890. The summed E-state index contributed by atoms with van der Waals surface area (Å²) in [4.78, 5) is 23.2. The van der Waals surface area contributed by atoms with Gasteiger partial charge in [0.2, 0.25) is 5.78 Å². The number of halogens is 1. The number of carbonyl (C=O) groups excluding carboxylic acids is 2. The smallest absolute Gasteiger partial charge is 0.207 e. The number of unbranched alkanes of at least 4 members (excludes halogenated alkanes) is 1. The molecule has 82 valence electrons. The van der Waals surface area contributed by atoms with Crippen molar-refractivity contribution in [2.75, 3.05) is 0 Å². The van der Waals surface area contributed by atoms with Crippen LogP contribution in [0.25, 0.3) is 0 Å². The summed E-state index contributed by atoms with van der Waals surface area (Å²) in [5.41, 5.74) is 0. The number of allylic oxidation sites excluding steroid dienone is 4. The molecule has 0 radical (unpaired) electrons. The predicted molar refractivity (Wildman–Crippen MR) is 61.0 cm³/mol. The van der Waals surface area contributed by atoms with Gasteiger partial charge in [-0.15, -0.1) is 11.6 Å². The van der Waals surface area contributed by atoms with Gasteiger partial charge in [-0.1, -0.05) is 37.6 Å². The average molecular weight is 227 g/mol. The number of hydrogen-bond donors (Lipinski definition) is 0. The molecule has 2 unspecified atom stereocenters. The first-order valence-electron chi connectivity index (χ1n) is 5.23. The van der Waals surface area contributed by atoms with Crippen LogP contribution in [0.15, 0.2) is 24.3 Å². The monoisotopic (exact) mass is 226 g/mol. The zero-order chi connectivity index (χ0) is 11.3. The highest BCUT2D eigenvalue weighted by Crippen LogP contribution is 2.20. The summed E-state index contributed by atoms with van der Waals surface area (Å²) >= 11 is 5.94. The van der Waals surface area contributed by atoms with Crippen LogP contribution in [0.4, 0.5) is 0 Å². The van der Waals surface area contributed by atoms with E-state index in [2.05, 4.69) is 0 Å². The lowest BCUT2D eigenvalue weighted by molar-refractivity contribution is -0.138. The number of alkyl halides is 1. The highest BCUT2D eigenvalue weighted by Gasteiger charge is 2.28. The maximum Gasteiger partial charge on any atom is 0.207 e. The van der Waals surface area contributed by atoms with E-state index in [-0.39, 0.29) is 16.9 Å². The minimum atomic E-state index is -0.471. The predicted octanol–water partition coefficient (Wildman–Crippen LogP) is 2.66. The number of Topliss-reactive ketones (excluding diaryl/α,β-unsaturated/α-hetero) is 2. The quantitative estimate of drug-likeness (QED) is 0.534. The topological polar surface area (TPSA) is 34.1 Å². The first-order chi connectivity index (χ1) is 7.16. The summed E-state index contributed by atoms with van der Waals surface area (Å²) in [5, 5.41) is -0.381.